The number of methoxy groups -OCH3 is 1. The number of nitrogens with zero attached hydrogens (tertiary/aromatic N) is 6. The van der Waals surface area contributed by atoms with Crippen molar-refractivity contribution in [1.29, 1.82) is 0 Å². The molecule has 164 valence electrons. The van der Waals surface area contributed by atoms with Gasteiger partial charge in [-0.05, 0) is 75.6 Å². The number of nitrogens with one attached hydrogen (secondary N) is 2. The van der Waals surface area contributed by atoms with Crippen LogP contribution in [0.25, 0.3) is 5.69 Å². The molecule has 32 heavy (non-hydrogen) atoms. The van der Waals surface area contributed by atoms with Crippen LogP contribution in [-0.2, 0) is 5.41 Å². The monoisotopic (exact) mass is 498 g/mol. The van der Waals surface area contributed by atoms with Crippen molar-refractivity contribution in [2.75, 3.05) is 13.7 Å². The standard InChI is InChI=1S/C21H20BrFN8O/c1-32-14-6-4-13(5-7-14)31-20(28-29-30-31)17(19-25-11-16(22)27-19)26-12-21(8-9-21)18-15(23)3-2-10-24-18/h2-7,10-11,17,26H,8-9,12H2,1H3,(H,25,27). The number of imidazole rings is 1. The highest BCUT2D eigenvalue weighted by atomic mass is 79.9. The largest absolute Gasteiger partial charge is 0.497 e. The molecule has 1 aliphatic carbocycles. The Kier molecular flexibility index (Phi) is 5.43. The lowest BCUT2D eigenvalue weighted by atomic mass is 10.0. The number of aromatic nitrogens is 7. The Labute approximate surface area is 191 Å². The zero-order chi connectivity index (χ0) is 22.1. The van der Waals surface area contributed by atoms with Gasteiger partial charge in [0, 0.05) is 18.2 Å². The molecule has 3 aromatic heterocycles. The number of pyridine rings is 1. The molecule has 0 radical (unpaired) electrons. The molecule has 1 atom stereocenters. The van der Waals surface area contributed by atoms with E-state index >= 15 is 0 Å². The van der Waals surface area contributed by atoms with Crippen LogP contribution in [0.15, 0.2) is 53.4 Å². The van der Waals surface area contributed by atoms with Gasteiger partial charge in [-0.25, -0.2) is 9.37 Å². The van der Waals surface area contributed by atoms with E-state index in [9.17, 15) is 4.39 Å². The van der Waals surface area contributed by atoms with Crippen molar-refractivity contribution >= 4 is 15.9 Å². The van der Waals surface area contributed by atoms with Gasteiger partial charge >= 0.3 is 0 Å². The molecule has 4 aromatic rings. The third-order valence-corrected chi connectivity index (χ3v) is 6.07. The van der Waals surface area contributed by atoms with Crippen LogP contribution in [0.3, 0.4) is 0 Å². The minimum absolute atomic E-state index is 0.285. The summed E-state index contributed by atoms with van der Waals surface area (Å²) in [4.78, 5) is 12.0. The topological polar surface area (TPSA) is 106 Å². The molecule has 1 unspecified atom stereocenters. The molecule has 1 aromatic carbocycles. The average Bonchev–Trinajstić information content (AvgIpc) is 3.22. The summed E-state index contributed by atoms with van der Waals surface area (Å²) in [5.41, 5.74) is 0.910. The highest BCUT2D eigenvalue weighted by Crippen LogP contribution is 2.48. The molecule has 11 heteroatoms. The fraction of sp³-hybridized carbons (Fsp3) is 0.286. The summed E-state index contributed by atoms with van der Waals surface area (Å²) in [5.74, 6) is 1.64. The lowest BCUT2D eigenvalue weighted by Gasteiger charge is -2.21. The number of hydrogen-bond acceptors (Lipinski definition) is 7. The van der Waals surface area contributed by atoms with Gasteiger partial charge in [-0.15, -0.1) is 5.10 Å². The van der Waals surface area contributed by atoms with Gasteiger partial charge in [0.2, 0.25) is 0 Å². The average molecular weight is 499 g/mol. The summed E-state index contributed by atoms with van der Waals surface area (Å²) in [7, 11) is 1.62. The first kappa shape index (κ1) is 20.7. The smallest absolute Gasteiger partial charge is 0.181 e. The van der Waals surface area contributed by atoms with Crippen molar-refractivity contribution in [3.05, 3.63) is 76.6 Å². The van der Waals surface area contributed by atoms with Crippen LogP contribution in [-0.4, -0.2) is 48.8 Å². The van der Waals surface area contributed by atoms with Crippen molar-refractivity contribution in [2.45, 2.75) is 24.3 Å². The fourth-order valence-corrected chi connectivity index (χ4v) is 4.08. The van der Waals surface area contributed by atoms with E-state index < -0.39 is 6.04 Å². The number of rotatable bonds is 8. The third-order valence-electron chi connectivity index (χ3n) is 5.67. The quantitative estimate of drug-likeness (QED) is 0.384. The first-order chi connectivity index (χ1) is 15.6. The van der Waals surface area contributed by atoms with E-state index in [0.29, 0.717) is 23.9 Å². The van der Waals surface area contributed by atoms with Crippen LogP contribution in [0.5, 0.6) is 5.75 Å². The van der Waals surface area contributed by atoms with E-state index in [1.807, 2.05) is 24.3 Å². The number of benzene rings is 1. The molecule has 1 aliphatic rings. The zero-order valence-electron chi connectivity index (χ0n) is 17.2. The molecule has 1 saturated carbocycles. The number of aromatic amines is 1. The first-order valence-corrected chi connectivity index (χ1v) is 10.9. The SMILES string of the molecule is COc1ccc(-n2nnnc2C(NCC2(c3ncccc3F)CC2)c2ncc(Br)[nH]2)cc1. The Morgan fingerprint density at radius 2 is 2.06 bits per heavy atom. The highest BCUT2D eigenvalue weighted by molar-refractivity contribution is 9.10. The van der Waals surface area contributed by atoms with E-state index in [2.05, 4.69) is 51.7 Å². The van der Waals surface area contributed by atoms with E-state index in [1.165, 1.54) is 6.07 Å². The van der Waals surface area contributed by atoms with Gasteiger partial charge in [0.05, 0.1) is 24.7 Å². The molecule has 2 N–H and O–H groups in total. The molecular weight excluding hydrogens is 479 g/mol. The van der Waals surface area contributed by atoms with Crippen molar-refractivity contribution < 1.29 is 9.13 Å². The van der Waals surface area contributed by atoms with E-state index in [-0.39, 0.29) is 11.2 Å². The Bertz CT molecular complexity index is 1220. The van der Waals surface area contributed by atoms with Crippen molar-refractivity contribution in [1.82, 2.24) is 40.5 Å². The molecule has 0 bridgehead atoms. The summed E-state index contributed by atoms with van der Waals surface area (Å²) in [6.45, 7) is 0.499. The second-order valence-corrected chi connectivity index (χ2v) is 8.55. The fourth-order valence-electron chi connectivity index (χ4n) is 3.77. The van der Waals surface area contributed by atoms with Crippen LogP contribution < -0.4 is 10.1 Å². The summed E-state index contributed by atoms with van der Waals surface area (Å²) < 4.78 is 22.1. The molecule has 9 nitrogen and oxygen atoms in total. The Morgan fingerprint density at radius 1 is 1.25 bits per heavy atom. The Morgan fingerprint density at radius 3 is 2.72 bits per heavy atom. The van der Waals surface area contributed by atoms with Crippen molar-refractivity contribution in [3.63, 3.8) is 0 Å². The molecule has 3 heterocycles. The highest BCUT2D eigenvalue weighted by Gasteiger charge is 2.47. The summed E-state index contributed by atoms with van der Waals surface area (Å²) in [6, 6.07) is 10.0. The maximum absolute atomic E-state index is 14.4. The van der Waals surface area contributed by atoms with E-state index in [4.69, 9.17) is 4.74 Å². The Hall–Kier alpha value is -3.18. The zero-order valence-corrected chi connectivity index (χ0v) is 18.8. The second-order valence-electron chi connectivity index (χ2n) is 7.69. The predicted octanol–water partition coefficient (Wildman–Crippen LogP) is 3.10. The maximum atomic E-state index is 14.4. The minimum atomic E-state index is -0.456. The van der Waals surface area contributed by atoms with Crippen LogP contribution in [0.2, 0.25) is 0 Å². The van der Waals surface area contributed by atoms with Gasteiger partial charge in [-0.2, -0.15) is 4.68 Å². The number of tetrazole rings is 1. The van der Waals surface area contributed by atoms with Gasteiger partial charge in [0.1, 0.15) is 28.0 Å². The van der Waals surface area contributed by atoms with Crippen molar-refractivity contribution in [3.8, 4) is 11.4 Å². The first-order valence-electron chi connectivity index (χ1n) is 10.1. The number of H-pyrrole nitrogens is 1. The van der Waals surface area contributed by atoms with Crippen LogP contribution in [0, 0.1) is 5.82 Å². The molecule has 0 spiro atoms. The number of hydrogen-bond donors (Lipinski definition) is 2. The van der Waals surface area contributed by atoms with Gasteiger partial charge in [-0.1, -0.05) is 0 Å². The van der Waals surface area contributed by atoms with E-state index in [0.717, 1.165) is 28.9 Å². The van der Waals surface area contributed by atoms with Gasteiger partial charge in [-0.3, -0.25) is 4.98 Å². The van der Waals surface area contributed by atoms with Gasteiger partial charge in [0.25, 0.3) is 0 Å². The third kappa shape index (κ3) is 3.89. The summed E-state index contributed by atoms with van der Waals surface area (Å²) in [5, 5.41) is 15.8. The van der Waals surface area contributed by atoms with Crippen LogP contribution in [0.4, 0.5) is 4.39 Å². The molecule has 0 aliphatic heterocycles. The van der Waals surface area contributed by atoms with E-state index in [1.54, 1.807) is 30.3 Å². The number of halogens is 2. The molecule has 1 fully saturated rings. The van der Waals surface area contributed by atoms with Crippen molar-refractivity contribution in [2.24, 2.45) is 0 Å². The predicted molar refractivity (Wildman–Crippen MR) is 117 cm³/mol. The second kappa shape index (κ2) is 8.40. The maximum Gasteiger partial charge on any atom is 0.181 e. The van der Waals surface area contributed by atoms with Crippen LogP contribution in [0.1, 0.15) is 36.2 Å². The molecule has 0 saturated heterocycles. The molecular formula is C21H20BrFN8O. The van der Waals surface area contributed by atoms with Crippen LogP contribution >= 0.6 is 15.9 Å². The summed E-state index contributed by atoms with van der Waals surface area (Å²) >= 11 is 3.41. The lowest BCUT2D eigenvalue weighted by molar-refractivity contribution is 0.414. The van der Waals surface area contributed by atoms with Gasteiger partial charge < -0.3 is 15.0 Å². The minimum Gasteiger partial charge on any atom is -0.497 e. The molecule has 0 amide bonds. The normalized spacial score (nSPS) is 15.5. The number of ether oxygens (including phenoxy) is 1. The Balaban J connectivity index is 1.47. The van der Waals surface area contributed by atoms with Gasteiger partial charge in [0.15, 0.2) is 5.82 Å². The molecule has 5 rings (SSSR count). The summed E-state index contributed by atoms with van der Waals surface area (Å²) in [6.07, 6.45) is 5.01. The lowest BCUT2D eigenvalue weighted by Crippen LogP contribution is -2.34.